The van der Waals surface area contributed by atoms with Crippen LogP contribution in [0.5, 0.6) is 0 Å². The van der Waals surface area contributed by atoms with Gasteiger partial charge in [-0.05, 0) is 20.3 Å². The van der Waals surface area contributed by atoms with Gasteiger partial charge in [0.2, 0.25) is 11.8 Å². The molecular weight excluding hydrogens is 284 g/mol. The largest absolute Gasteiger partial charge is 0.369 e. The Morgan fingerprint density at radius 1 is 1.45 bits per heavy atom. The standard InChI is InChI=1S/C16H28N2O4/c1-6-7-8-14(19)18-9-13(22-16(2,3)12-18)10-21-11-15(20)17(4)5/h6,13H,1,7-12H2,2-5H3. The lowest BCUT2D eigenvalue weighted by Crippen LogP contribution is -2.55. The van der Waals surface area contributed by atoms with Crippen LogP contribution in [-0.2, 0) is 19.1 Å². The maximum absolute atomic E-state index is 12.2. The summed E-state index contributed by atoms with van der Waals surface area (Å²) in [6.07, 6.45) is 2.67. The van der Waals surface area contributed by atoms with Crippen LogP contribution >= 0.6 is 0 Å². The second-order valence-electron chi connectivity index (χ2n) is 6.40. The van der Waals surface area contributed by atoms with Crippen LogP contribution in [0.1, 0.15) is 26.7 Å². The lowest BCUT2D eigenvalue weighted by atomic mass is 10.0. The summed E-state index contributed by atoms with van der Waals surface area (Å²) < 4.78 is 11.4. The third-order valence-electron chi connectivity index (χ3n) is 3.42. The number of ether oxygens (including phenoxy) is 2. The molecule has 0 N–H and O–H groups in total. The van der Waals surface area contributed by atoms with Crippen LogP contribution in [0.25, 0.3) is 0 Å². The molecule has 1 aliphatic rings. The molecule has 0 aromatic carbocycles. The zero-order valence-electron chi connectivity index (χ0n) is 14.1. The van der Waals surface area contributed by atoms with Crippen molar-refractivity contribution in [2.45, 2.75) is 38.4 Å². The molecule has 6 heteroatoms. The molecule has 0 saturated carbocycles. The monoisotopic (exact) mass is 312 g/mol. The molecule has 1 aliphatic heterocycles. The quantitative estimate of drug-likeness (QED) is 0.660. The first-order chi connectivity index (χ1) is 10.2. The first-order valence-corrected chi connectivity index (χ1v) is 7.59. The molecule has 126 valence electrons. The smallest absolute Gasteiger partial charge is 0.248 e. The molecule has 0 spiro atoms. The SMILES string of the molecule is C=CCCC(=O)N1CC(COCC(=O)N(C)C)OC(C)(C)C1. The number of allylic oxidation sites excluding steroid dienone is 1. The van der Waals surface area contributed by atoms with E-state index in [2.05, 4.69) is 6.58 Å². The predicted molar refractivity (Wildman–Crippen MR) is 84.5 cm³/mol. The number of nitrogens with zero attached hydrogens (tertiary/aromatic N) is 2. The van der Waals surface area contributed by atoms with E-state index >= 15 is 0 Å². The molecule has 1 atom stereocenters. The van der Waals surface area contributed by atoms with Gasteiger partial charge in [-0.15, -0.1) is 6.58 Å². The highest BCUT2D eigenvalue weighted by Gasteiger charge is 2.35. The number of hydrogen-bond acceptors (Lipinski definition) is 4. The summed E-state index contributed by atoms with van der Waals surface area (Å²) in [6.45, 7) is 8.94. The second kappa shape index (κ2) is 8.29. The summed E-state index contributed by atoms with van der Waals surface area (Å²) in [6, 6.07) is 0. The summed E-state index contributed by atoms with van der Waals surface area (Å²) in [5.74, 6) is 0.0135. The Bertz CT molecular complexity index is 407. The Morgan fingerprint density at radius 2 is 2.14 bits per heavy atom. The number of carbonyl (C=O) groups is 2. The van der Waals surface area contributed by atoms with Crippen LogP contribution in [0.3, 0.4) is 0 Å². The van der Waals surface area contributed by atoms with Crippen LogP contribution < -0.4 is 0 Å². The van der Waals surface area contributed by atoms with E-state index in [1.165, 1.54) is 4.90 Å². The van der Waals surface area contributed by atoms with Gasteiger partial charge in [0.05, 0.1) is 18.3 Å². The maximum atomic E-state index is 12.2. The van der Waals surface area contributed by atoms with Crippen molar-refractivity contribution >= 4 is 11.8 Å². The lowest BCUT2D eigenvalue weighted by molar-refractivity contribution is -0.172. The zero-order valence-corrected chi connectivity index (χ0v) is 14.1. The third-order valence-corrected chi connectivity index (χ3v) is 3.42. The van der Waals surface area contributed by atoms with E-state index in [0.717, 1.165) is 0 Å². The van der Waals surface area contributed by atoms with E-state index in [1.807, 2.05) is 18.7 Å². The molecule has 0 radical (unpaired) electrons. The summed E-state index contributed by atoms with van der Waals surface area (Å²) in [5, 5.41) is 0. The molecule has 1 rings (SSSR count). The number of amides is 2. The van der Waals surface area contributed by atoms with E-state index in [0.29, 0.717) is 32.5 Å². The topological polar surface area (TPSA) is 59.1 Å². The molecule has 0 bridgehead atoms. The molecule has 22 heavy (non-hydrogen) atoms. The molecule has 1 fully saturated rings. The summed E-state index contributed by atoms with van der Waals surface area (Å²) in [7, 11) is 3.37. The lowest BCUT2D eigenvalue weighted by Gasteiger charge is -2.42. The molecular formula is C16H28N2O4. The van der Waals surface area contributed by atoms with Crippen molar-refractivity contribution < 1.29 is 19.1 Å². The number of likely N-dealkylation sites (N-methyl/N-ethyl adjacent to an activating group) is 1. The summed E-state index contributed by atoms with van der Waals surface area (Å²) in [5.41, 5.74) is -0.415. The van der Waals surface area contributed by atoms with Gasteiger partial charge in [0.25, 0.3) is 0 Å². The minimum Gasteiger partial charge on any atom is -0.369 e. The fourth-order valence-electron chi connectivity index (χ4n) is 2.36. The minimum atomic E-state index is -0.415. The highest BCUT2D eigenvalue weighted by atomic mass is 16.6. The van der Waals surface area contributed by atoms with Gasteiger partial charge in [-0.2, -0.15) is 0 Å². The van der Waals surface area contributed by atoms with Crippen LogP contribution in [0, 0.1) is 0 Å². The molecule has 6 nitrogen and oxygen atoms in total. The molecule has 1 unspecified atom stereocenters. The van der Waals surface area contributed by atoms with Crippen molar-refractivity contribution in [2.24, 2.45) is 0 Å². The predicted octanol–water partition coefficient (Wildman–Crippen LogP) is 1.06. The first-order valence-electron chi connectivity index (χ1n) is 7.59. The van der Waals surface area contributed by atoms with Crippen molar-refractivity contribution in [3.05, 3.63) is 12.7 Å². The average molecular weight is 312 g/mol. The minimum absolute atomic E-state index is 0.0255. The first kappa shape index (κ1) is 18.6. The molecule has 0 aliphatic carbocycles. The Labute approximate surface area is 133 Å². The Kier molecular flexibility index (Phi) is 7.03. The number of morpholine rings is 1. The second-order valence-corrected chi connectivity index (χ2v) is 6.40. The fourth-order valence-corrected chi connectivity index (χ4v) is 2.36. The van der Waals surface area contributed by atoms with Crippen molar-refractivity contribution in [3.8, 4) is 0 Å². The van der Waals surface area contributed by atoms with Gasteiger partial charge < -0.3 is 19.3 Å². The van der Waals surface area contributed by atoms with Gasteiger partial charge in [-0.1, -0.05) is 6.08 Å². The van der Waals surface area contributed by atoms with E-state index in [-0.39, 0.29) is 24.5 Å². The third kappa shape index (κ3) is 6.15. The van der Waals surface area contributed by atoms with E-state index in [9.17, 15) is 9.59 Å². The van der Waals surface area contributed by atoms with Crippen LogP contribution in [0.4, 0.5) is 0 Å². The van der Waals surface area contributed by atoms with Crippen molar-refractivity contribution in [3.63, 3.8) is 0 Å². The Morgan fingerprint density at radius 3 is 2.73 bits per heavy atom. The highest BCUT2D eigenvalue weighted by Crippen LogP contribution is 2.22. The fraction of sp³-hybridized carbons (Fsp3) is 0.750. The molecule has 0 aromatic heterocycles. The highest BCUT2D eigenvalue weighted by molar-refractivity contribution is 5.77. The van der Waals surface area contributed by atoms with E-state index in [1.54, 1.807) is 20.2 Å². The molecule has 1 saturated heterocycles. The van der Waals surface area contributed by atoms with Crippen LogP contribution in [0.15, 0.2) is 12.7 Å². The number of carbonyl (C=O) groups excluding carboxylic acids is 2. The van der Waals surface area contributed by atoms with Gasteiger partial charge >= 0.3 is 0 Å². The van der Waals surface area contributed by atoms with Crippen molar-refractivity contribution in [1.29, 1.82) is 0 Å². The number of rotatable bonds is 7. The zero-order chi connectivity index (χ0) is 16.8. The van der Waals surface area contributed by atoms with Crippen LogP contribution in [-0.4, -0.2) is 73.7 Å². The maximum Gasteiger partial charge on any atom is 0.248 e. The van der Waals surface area contributed by atoms with Gasteiger partial charge in [-0.25, -0.2) is 0 Å². The van der Waals surface area contributed by atoms with Gasteiger partial charge in [0, 0.05) is 33.6 Å². The van der Waals surface area contributed by atoms with Crippen molar-refractivity contribution in [2.75, 3.05) is 40.4 Å². The van der Waals surface area contributed by atoms with Gasteiger partial charge in [-0.3, -0.25) is 9.59 Å². The van der Waals surface area contributed by atoms with Crippen molar-refractivity contribution in [1.82, 2.24) is 9.80 Å². The molecule has 0 aromatic rings. The van der Waals surface area contributed by atoms with Gasteiger partial charge in [0.1, 0.15) is 6.61 Å². The normalized spacial score (nSPS) is 20.5. The summed E-state index contributed by atoms with van der Waals surface area (Å²) >= 11 is 0. The Hall–Kier alpha value is -1.40. The number of hydrogen-bond donors (Lipinski definition) is 0. The van der Waals surface area contributed by atoms with Crippen LogP contribution in [0.2, 0.25) is 0 Å². The van der Waals surface area contributed by atoms with E-state index < -0.39 is 5.60 Å². The molecule has 1 heterocycles. The van der Waals surface area contributed by atoms with Gasteiger partial charge in [0.15, 0.2) is 0 Å². The summed E-state index contributed by atoms with van der Waals surface area (Å²) in [4.78, 5) is 27.0. The van der Waals surface area contributed by atoms with E-state index in [4.69, 9.17) is 9.47 Å². The molecule has 2 amide bonds. The Balaban J connectivity index is 2.51. The average Bonchev–Trinajstić information content (AvgIpc) is 2.42.